The second kappa shape index (κ2) is 9.57. The molecular weight excluding hydrogens is 360 g/mol. The van der Waals surface area contributed by atoms with Gasteiger partial charge in [0.1, 0.15) is 17.7 Å². The fourth-order valence-electron chi connectivity index (χ4n) is 3.63. The van der Waals surface area contributed by atoms with E-state index >= 15 is 0 Å². The molecule has 5 nitrogen and oxygen atoms in total. The van der Waals surface area contributed by atoms with Gasteiger partial charge in [-0.05, 0) is 60.9 Å². The largest absolute Gasteiger partial charge is 0.359 e. The highest BCUT2D eigenvalue weighted by molar-refractivity contribution is 5.97. The van der Waals surface area contributed by atoms with Gasteiger partial charge in [-0.1, -0.05) is 37.3 Å². The normalized spacial score (nSPS) is 14.1. The molecular formula is C24H24N4O. The minimum atomic E-state index is -0.431. The molecule has 1 atom stereocenters. The quantitative estimate of drug-likeness (QED) is 0.566. The van der Waals surface area contributed by atoms with Gasteiger partial charge < -0.3 is 10.6 Å². The number of rotatable bonds is 6. The molecule has 0 saturated heterocycles. The highest BCUT2D eigenvalue weighted by Crippen LogP contribution is 2.26. The summed E-state index contributed by atoms with van der Waals surface area (Å²) in [6.45, 7) is 2.02. The second-order valence-corrected chi connectivity index (χ2v) is 7.14. The van der Waals surface area contributed by atoms with E-state index in [4.69, 9.17) is 5.26 Å². The molecule has 0 aliphatic heterocycles. The minimum Gasteiger partial charge on any atom is -0.359 e. The van der Waals surface area contributed by atoms with E-state index in [2.05, 4.69) is 34.9 Å². The summed E-state index contributed by atoms with van der Waals surface area (Å²) >= 11 is 0. The number of hydrogen-bond acceptors (Lipinski definition) is 4. The van der Waals surface area contributed by atoms with Gasteiger partial charge in [-0.2, -0.15) is 10.5 Å². The Bertz CT molecular complexity index is 1010. The number of carbonyl (C=O) groups excluding carboxylic acids is 1. The van der Waals surface area contributed by atoms with E-state index in [1.807, 2.05) is 13.0 Å². The van der Waals surface area contributed by atoms with Crippen LogP contribution in [0.15, 0.2) is 54.2 Å². The lowest BCUT2D eigenvalue weighted by atomic mass is 9.88. The number of benzene rings is 2. The van der Waals surface area contributed by atoms with Crippen molar-refractivity contribution >= 4 is 11.6 Å². The van der Waals surface area contributed by atoms with E-state index in [0.29, 0.717) is 11.3 Å². The molecule has 0 heterocycles. The number of hydrogen-bond donors (Lipinski definition) is 2. The SMILES string of the molecule is CCC(NC(=O)/C(C#N)=C\Nc1ccccc1C#N)c1ccc2c(c1)CCCC2. The van der Waals surface area contributed by atoms with Crippen LogP contribution in [0.3, 0.4) is 0 Å². The first-order valence-corrected chi connectivity index (χ1v) is 9.94. The van der Waals surface area contributed by atoms with E-state index in [0.717, 1.165) is 24.8 Å². The van der Waals surface area contributed by atoms with Crippen LogP contribution in [0.2, 0.25) is 0 Å². The highest BCUT2D eigenvalue weighted by Gasteiger charge is 2.18. The van der Waals surface area contributed by atoms with E-state index in [9.17, 15) is 10.1 Å². The molecule has 1 aliphatic carbocycles. The maximum absolute atomic E-state index is 12.7. The van der Waals surface area contributed by atoms with Gasteiger partial charge in [0.15, 0.2) is 0 Å². The highest BCUT2D eigenvalue weighted by atomic mass is 16.1. The van der Waals surface area contributed by atoms with Crippen LogP contribution in [-0.2, 0) is 17.6 Å². The minimum absolute atomic E-state index is 0.0332. The third kappa shape index (κ3) is 4.83. The van der Waals surface area contributed by atoms with Crippen LogP contribution in [-0.4, -0.2) is 5.91 Å². The first-order valence-electron chi connectivity index (χ1n) is 9.94. The van der Waals surface area contributed by atoms with E-state index in [-0.39, 0.29) is 11.6 Å². The Balaban J connectivity index is 1.74. The standard InChI is InChI=1S/C24H24N4O/c1-2-22(19-12-11-17-7-3-4-8-18(17)13-19)28-24(29)21(15-26)16-27-23-10-6-5-9-20(23)14-25/h5-6,9-13,16,22,27H,2-4,7-8H2,1H3,(H,28,29)/b21-16-. The molecule has 3 rings (SSSR count). The first kappa shape index (κ1) is 20.2. The maximum atomic E-state index is 12.7. The van der Waals surface area contributed by atoms with Crippen LogP contribution in [0.1, 0.15) is 54.5 Å². The zero-order valence-electron chi connectivity index (χ0n) is 16.5. The molecule has 0 spiro atoms. The molecule has 0 fully saturated rings. The van der Waals surface area contributed by atoms with E-state index in [1.54, 1.807) is 24.3 Å². The van der Waals surface area contributed by atoms with Crippen LogP contribution in [0.25, 0.3) is 0 Å². The summed E-state index contributed by atoms with van der Waals surface area (Å²) in [5.41, 5.74) is 4.81. The number of para-hydroxylation sites is 1. The van der Waals surface area contributed by atoms with Crippen molar-refractivity contribution in [3.8, 4) is 12.1 Å². The number of anilines is 1. The molecule has 1 aliphatic rings. The summed E-state index contributed by atoms with van der Waals surface area (Å²) in [7, 11) is 0. The molecule has 2 aromatic carbocycles. The van der Waals surface area contributed by atoms with Crippen molar-refractivity contribution in [1.29, 1.82) is 10.5 Å². The molecule has 0 aromatic heterocycles. The predicted molar refractivity (Wildman–Crippen MR) is 113 cm³/mol. The molecule has 29 heavy (non-hydrogen) atoms. The Hall–Kier alpha value is -3.57. The fraction of sp³-hybridized carbons (Fsp3) is 0.292. The number of aryl methyl sites for hydroxylation is 2. The summed E-state index contributed by atoms with van der Waals surface area (Å²) in [5, 5.41) is 24.5. The maximum Gasteiger partial charge on any atom is 0.263 e. The predicted octanol–water partition coefficient (Wildman–Crippen LogP) is 4.52. The number of nitrogens with zero attached hydrogens (tertiary/aromatic N) is 2. The molecule has 5 heteroatoms. The number of nitriles is 2. The van der Waals surface area contributed by atoms with Crippen molar-refractivity contribution in [2.75, 3.05) is 5.32 Å². The van der Waals surface area contributed by atoms with Gasteiger partial charge in [0.25, 0.3) is 5.91 Å². The molecule has 0 saturated carbocycles. The zero-order valence-corrected chi connectivity index (χ0v) is 16.5. The third-order valence-electron chi connectivity index (χ3n) is 5.27. The van der Waals surface area contributed by atoms with Crippen molar-refractivity contribution in [1.82, 2.24) is 5.32 Å². The molecule has 2 N–H and O–H groups in total. The fourth-order valence-corrected chi connectivity index (χ4v) is 3.63. The molecule has 146 valence electrons. The topological polar surface area (TPSA) is 88.7 Å². The van der Waals surface area contributed by atoms with Crippen LogP contribution in [0.5, 0.6) is 0 Å². The Morgan fingerprint density at radius 2 is 1.90 bits per heavy atom. The number of amides is 1. The molecule has 0 bridgehead atoms. The van der Waals surface area contributed by atoms with Crippen LogP contribution < -0.4 is 10.6 Å². The van der Waals surface area contributed by atoms with Crippen molar-refractivity contribution in [3.05, 3.63) is 76.5 Å². The number of carbonyl (C=O) groups is 1. The Morgan fingerprint density at radius 3 is 2.62 bits per heavy atom. The Morgan fingerprint density at radius 1 is 1.14 bits per heavy atom. The van der Waals surface area contributed by atoms with Crippen molar-refractivity contribution in [2.45, 2.75) is 45.1 Å². The van der Waals surface area contributed by atoms with Crippen molar-refractivity contribution < 1.29 is 4.79 Å². The Labute approximate surface area is 171 Å². The third-order valence-corrected chi connectivity index (χ3v) is 5.27. The van der Waals surface area contributed by atoms with Gasteiger partial charge in [0, 0.05) is 6.20 Å². The van der Waals surface area contributed by atoms with Crippen LogP contribution in [0.4, 0.5) is 5.69 Å². The van der Waals surface area contributed by atoms with Crippen molar-refractivity contribution in [3.63, 3.8) is 0 Å². The first-order chi connectivity index (χ1) is 14.2. The van der Waals surface area contributed by atoms with Gasteiger partial charge in [-0.25, -0.2) is 0 Å². The lowest BCUT2D eigenvalue weighted by Crippen LogP contribution is -2.29. The summed E-state index contributed by atoms with van der Waals surface area (Å²) < 4.78 is 0. The second-order valence-electron chi connectivity index (χ2n) is 7.14. The van der Waals surface area contributed by atoms with Gasteiger partial charge in [-0.15, -0.1) is 0 Å². The molecule has 2 aromatic rings. The molecule has 1 unspecified atom stereocenters. The van der Waals surface area contributed by atoms with Gasteiger partial charge in [0.2, 0.25) is 0 Å². The molecule has 0 radical (unpaired) electrons. The van der Waals surface area contributed by atoms with Crippen LogP contribution in [0, 0.1) is 22.7 Å². The number of fused-ring (bicyclic) bond motifs is 1. The average Bonchev–Trinajstić information content (AvgIpc) is 2.77. The van der Waals surface area contributed by atoms with Gasteiger partial charge >= 0.3 is 0 Å². The van der Waals surface area contributed by atoms with E-state index in [1.165, 1.54) is 30.2 Å². The van der Waals surface area contributed by atoms with E-state index < -0.39 is 5.91 Å². The average molecular weight is 384 g/mol. The summed E-state index contributed by atoms with van der Waals surface area (Å²) in [4.78, 5) is 12.7. The Kier molecular flexibility index (Phi) is 6.66. The lowest BCUT2D eigenvalue weighted by molar-refractivity contribution is -0.117. The lowest BCUT2D eigenvalue weighted by Gasteiger charge is -2.21. The molecule has 1 amide bonds. The summed E-state index contributed by atoms with van der Waals surface area (Å²) in [5.74, 6) is -0.431. The van der Waals surface area contributed by atoms with Crippen molar-refractivity contribution in [2.24, 2.45) is 0 Å². The summed E-state index contributed by atoms with van der Waals surface area (Å²) in [6.07, 6.45) is 6.73. The van der Waals surface area contributed by atoms with Gasteiger partial charge in [-0.3, -0.25) is 4.79 Å². The monoisotopic (exact) mass is 384 g/mol. The summed E-state index contributed by atoms with van der Waals surface area (Å²) in [6, 6.07) is 17.3. The zero-order chi connectivity index (χ0) is 20.6. The van der Waals surface area contributed by atoms with Gasteiger partial charge in [0.05, 0.1) is 17.3 Å². The smallest absolute Gasteiger partial charge is 0.263 e. The van der Waals surface area contributed by atoms with Crippen LogP contribution >= 0.6 is 0 Å². The number of nitrogens with one attached hydrogen (secondary N) is 2.